The van der Waals surface area contributed by atoms with Gasteiger partial charge in [-0.05, 0) is 62.6 Å². The van der Waals surface area contributed by atoms with E-state index in [4.69, 9.17) is 0 Å². The third-order valence-electron chi connectivity index (χ3n) is 4.97. The summed E-state index contributed by atoms with van der Waals surface area (Å²) in [6.07, 6.45) is 2.44. The Kier molecular flexibility index (Phi) is 6.01. The molecule has 2 unspecified atom stereocenters. The maximum atomic E-state index is 13.1. The number of piperidine rings is 1. The highest BCUT2D eigenvalue weighted by Crippen LogP contribution is 2.17. The van der Waals surface area contributed by atoms with Gasteiger partial charge in [0.25, 0.3) is 11.5 Å². The molecule has 3 rings (SSSR count). The van der Waals surface area contributed by atoms with Crippen molar-refractivity contribution in [1.29, 1.82) is 0 Å². The van der Waals surface area contributed by atoms with Gasteiger partial charge in [0, 0.05) is 25.2 Å². The SMILES string of the molecule is CC1CCCN(C(C)CNC(=O)c2ccc(=O)n(-c3ccc(F)cc3)n2)C1. The Labute approximate surface area is 158 Å². The molecule has 0 saturated carbocycles. The van der Waals surface area contributed by atoms with Crippen LogP contribution in [-0.2, 0) is 0 Å². The van der Waals surface area contributed by atoms with Crippen LogP contribution in [0, 0.1) is 11.7 Å². The van der Waals surface area contributed by atoms with Crippen LogP contribution in [0.2, 0.25) is 0 Å². The lowest BCUT2D eigenvalue weighted by atomic mass is 9.99. The zero-order valence-corrected chi connectivity index (χ0v) is 15.7. The van der Waals surface area contributed by atoms with Gasteiger partial charge < -0.3 is 5.32 Å². The molecule has 7 heteroatoms. The summed E-state index contributed by atoms with van der Waals surface area (Å²) in [5, 5.41) is 7.03. The largest absolute Gasteiger partial charge is 0.349 e. The minimum absolute atomic E-state index is 0.151. The number of benzene rings is 1. The Hall–Kier alpha value is -2.54. The van der Waals surface area contributed by atoms with Gasteiger partial charge >= 0.3 is 0 Å². The third kappa shape index (κ3) is 4.80. The summed E-state index contributed by atoms with van der Waals surface area (Å²) in [5.41, 5.74) is 0.179. The number of carbonyl (C=O) groups is 1. The smallest absolute Gasteiger partial charge is 0.271 e. The molecule has 27 heavy (non-hydrogen) atoms. The fraction of sp³-hybridized carbons (Fsp3) is 0.450. The summed E-state index contributed by atoms with van der Waals surface area (Å²) in [6, 6.07) is 8.33. The normalized spacial score (nSPS) is 18.9. The molecule has 144 valence electrons. The van der Waals surface area contributed by atoms with Gasteiger partial charge in [0.1, 0.15) is 11.5 Å². The van der Waals surface area contributed by atoms with Crippen molar-refractivity contribution in [1.82, 2.24) is 20.0 Å². The Morgan fingerprint density at radius 3 is 2.74 bits per heavy atom. The van der Waals surface area contributed by atoms with Crippen molar-refractivity contribution in [3.8, 4) is 5.69 Å². The van der Waals surface area contributed by atoms with Crippen LogP contribution in [0.15, 0.2) is 41.2 Å². The number of rotatable bonds is 5. The molecule has 1 aliphatic rings. The maximum Gasteiger partial charge on any atom is 0.271 e. The zero-order chi connectivity index (χ0) is 19.4. The molecular weight excluding hydrogens is 347 g/mol. The van der Waals surface area contributed by atoms with Crippen LogP contribution in [0.3, 0.4) is 0 Å². The maximum absolute atomic E-state index is 13.1. The molecule has 2 aromatic rings. The first-order valence-corrected chi connectivity index (χ1v) is 9.32. The second kappa shape index (κ2) is 8.43. The average Bonchev–Trinajstić information content (AvgIpc) is 2.67. The van der Waals surface area contributed by atoms with Crippen molar-refractivity contribution in [2.45, 2.75) is 32.7 Å². The number of carbonyl (C=O) groups excluding carboxylic acids is 1. The lowest BCUT2D eigenvalue weighted by Gasteiger charge is -2.35. The molecule has 1 aromatic carbocycles. The van der Waals surface area contributed by atoms with Gasteiger partial charge in [0.15, 0.2) is 0 Å². The number of nitrogens with zero attached hydrogens (tertiary/aromatic N) is 3. The Morgan fingerprint density at radius 2 is 2.04 bits per heavy atom. The van der Waals surface area contributed by atoms with Crippen molar-refractivity contribution >= 4 is 5.91 Å². The Morgan fingerprint density at radius 1 is 1.30 bits per heavy atom. The number of aromatic nitrogens is 2. The monoisotopic (exact) mass is 372 g/mol. The van der Waals surface area contributed by atoms with Crippen LogP contribution in [0.5, 0.6) is 0 Å². The predicted molar refractivity (Wildman–Crippen MR) is 102 cm³/mol. The number of amides is 1. The van der Waals surface area contributed by atoms with Crippen LogP contribution < -0.4 is 10.9 Å². The van der Waals surface area contributed by atoms with Gasteiger partial charge in [0.2, 0.25) is 0 Å². The molecule has 1 aromatic heterocycles. The summed E-state index contributed by atoms with van der Waals surface area (Å²) in [5.74, 6) is -0.0534. The van der Waals surface area contributed by atoms with E-state index in [0.29, 0.717) is 18.2 Å². The second-order valence-corrected chi connectivity index (χ2v) is 7.25. The van der Waals surface area contributed by atoms with Crippen LogP contribution >= 0.6 is 0 Å². The molecule has 0 bridgehead atoms. The molecular formula is C20H25FN4O2. The average molecular weight is 372 g/mol. The minimum Gasteiger partial charge on any atom is -0.349 e. The van der Waals surface area contributed by atoms with E-state index in [1.165, 1.54) is 49.2 Å². The standard InChI is InChI=1S/C20H25FN4O2/c1-14-4-3-11-24(13-14)15(2)12-22-20(27)18-9-10-19(26)25(23-18)17-7-5-16(21)6-8-17/h5-10,14-15H,3-4,11-13H2,1-2H3,(H,22,27). The lowest BCUT2D eigenvalue weighted by molar-refractivity contribution is 0.0911. The minimum atomic E-state index is -0.401. The van der Waals surface area contributed by atoms with Crippen LogP contribution in [0.4, 0.5) is 4.39 Å². The Bertz CT molecular complexity index is 850. The predicted octanol–water partition coefficient (Wildman–Crippen LogP) is 2.22. The highest BCUT2D eigenvalue weighted by molar-refractivity contribution is 5.92. The number of hydrogen-bond donors (Lipinski definition) is 1. The van der Waals surface area contributed by atoms with Crippen LogP contribution in [-0.4, -0.2) is 46.3 Å². The van der Waals surface area contributed by atoms with Gasteiger partial charge in [-0.3, -0.25) is 14.5 Å². The van der Waals surface area contributed by atoms with Gasteiger partial charge in [-0.25, -0.2) is 4.39 Å². The van der Waals surface area contributed by atoms with Gasteiger partial charge in [-0.15, -0.1) is 0 Å². The topological polar surface area (TPSA) is 67.2 Å². The summed E-state index contributed by atoms with van der Waals surface area (Å²) < 4.78 is 14.2. The van der Waals surface area contributed by atoms with E-state index >= 15 is 0 Å². The fourth-order valence-corrected chi connectivity index (χ4v) is 3.39. The third-order valence-corrected chi connectivity index (χ3v) is 4.97. The molecule has 1 N–H and O–H groups in total. The van der Waals surface area contributed by atoms with Gasteiger partial charge in [-0.2, -0.15) is 9.78 Å². The van der Waals surface area contributed by atoms with E-state index in [-0.39, 0.29) is 23.2 Å². The Balaban J connectivity index is 1.67. The van der Waals surface area contributed by atoms with Crippen molar-refractivity contribution in [2.75, 3.05) is 19.6 Å². The molecule has 2 atom stereocenters. The quantitative estimate of drug-likeness (QED) is 0.874. The van der Waals surface area contributed by atoms with E-state index in [1.54, 1.807) is 0 Å². The fourth-order valence-electron chi connectivity index (χ4n) is 3.39. The second-order valence-electron chi connectivity index (χ2n) is 7.25. The molecule has 1 fully saturated rings. The molecule has 0 spiro atoms. The number of nitrogens with one attached hydrogen (secondary N) is 1. The van der Waals surface area contributed by atoms with Crippen molar-refractivity contribution < 1.29 is 9.18 Å². The highest BCUT2D eigenvalue weighted by Gasteiger charge is 2.21. The first-order valence-electron chi connectivity index (χ1n) is 9.32. The summed E-state index contributed by atoms with van der Waals surface area (Å²) in [7, 11) is 0. The van der Waals surface area contributed by atoms with Gasteiger partial charge in [-0.1, -0.05) is 6.92 Å². The molecule has 6 nitrogen and oxygen atoms in total. The summed E-state index contributed by atoms with van der Waals surface area (Å²) in [4.78, 5) is 26.9. The molecule has 2 heterocycles. The van der Waals surface area contributed by atoms with Crippen molar-refractivity contribution in [3.63, 3.8) is 0 Å². The zero-order valence-electron chi connectivity index (χ0n) is 15.7. The van der Waals surface area contributed by atoms with Crippen molar-refractivity contribution in [3.05, 3.63) is 58.3 Å². The lowest BCUT2D eigenvalue weighted by Crippen LogP contribution is -2.46. The summed E-state index contributed by atoms with van der Waals surface area (Å²) >= 11 is 0. The summed E-state index contributed by atoms with van der Waals surface area (Å²) in [6.45, 7) is 6.97. The van der Waals surface area contributed by atoms with Crippen molar-refractivity contribution in [2.24, 2.45) is 5.92 Å². The molecule has 1 amide bonds. The molecule has 0 aliphatic carbocycles. The molecule has 1 aliphatic heterocycles. The van der Waals surface area contributed by atoms with E-state index in [0.717, 1.165) is 17.8 Å². The molecule has 1 saturated heterocycles. The molecule has 0 radical (unpaired) electrons. The first-order chi connectivity index (χ1) is 12.9. The van der Waals surface area contributed by atoms with Crippen LogP contribution in [0.1, 0.15) is 37.2 Å². The van der Waals surface area contributed by atoms with E-state index in [1.807, 2.05) is 0 Å². The number of likely N-dealkylation sites (tertiary alicyclic amines) is 1. The highest BCUT2D eigenvalue weighted by atomic mass is 19.1. The van der Waals surface area contributed by atoms with E-state index in [9.17, 15) is 14.0 Å². The van der Waals surface area contributed by atoms with E-state index in [2.05, 4.69) is 29.2 Å². The number of halogens is 1. The number of hydrogen-bond acceptors (Lipinski definition) is 4. The van der Waals surface area contributed by atoms with Gasteiger partial charge in [0.05, 0.1) is 5.69 Å². The van der Waals surface area contributed by atoms with Crippen LogP contribution in [0.25, 0.3) is 5.69 Å². The van der Waals surface area contributed by atoms with E-state index < -0.39 is 5.82 Å². The first kappa shape index (κ1) is 19.2.